The molecule has 2 aromatic rings. The minimum atomic E-state index is 0. The molecule has 0 fully saturated rings. The molecule has 2 N–H and O–H groups in total. The highest BCUT2D eigenvalue weighted by Gasteiger charge is 2.06. The monoisotopic (exact) mass is 494 g/mol. The van der Waals surface area contributed by atoms with Crippen molar-refractivity contribution in [3.63, 3.8) is 0 Å². The standard InChI is InChI=1S/C17H23ClN4OS.HI/c1-12(2)14-11-24-16(22-14)10-21-17(19-3)20-8-9-23-15-7-5-4-6-13(15)18;/h4-7,11-12H,8-10H2,1-3H3,(H2,19,20,21);1H. The van der Waals surface area contributed by atoms with Gasteiger partial charge in [0.1, 0.15) is 17.4 Å². The van der Waals surface area contributed by atoms with E-state index in [2.05, 4.69) is 39.8 Å². The van der Waals surface area contributed by atoms with Crippen molar-refractivity contribution >= 4 is 52.9 Å². The van der Waals surface area contributed by atoms with Gasteiger partial charge in [-0.25, -0.2) is 4.98 Å². The van der Waals surface area contributed by atoms with Gasteiger partial charge in [-0.05, 0) is 18.1 Å². The van der Waals surface area contributed by atoms with Crippen LogP contribution in [0.4, 0.5) is 0 Å². The summed E-state index contributed by atoms with van der Waals surface area (Å²) in [5, 5.41) is 10.2. The van der Waals surface area contributed by atoms with Crippen LogP contribution in [0.15, 0.2) is 34.6 Å². The lowest BCUT2D eigenvalue weighted by Crippen LogP contribution is -2.38. The molecule has 0 aliphatic rings. The van der Waals surface area contributed by atoms with E-state index in [0.29, 0.717) is 36.4 Å². The molecule has 138 valence electrons. The number of rotatable bonds is 7. The topological polar surface area (TPSA) is 58.5 Å². The third-order valence-corrected chi connectivity index (χ3v) is 4.46. The summed E-state index contributed by atoms with van der Waals surface area (Å²) in [6.45, 7) is 6.07. The van der Waals surface area contributed by atoms with Gasteiger partial charge in [-0.15, -0.1) is 35.3 Å². The van der Waals surface area contributed by atoms with Crippen LogP contribution >= 0.6 is 46.9 Å². The van der Waals surface area contributed by atoms with Gasteiger partial charge in [0.2, 0.25) is 0 Å². The molecule has 2 rings (SSSR count). The first-order valence-electron chi connectivity index (χ1n) is 7.86. The highest BCUT2D eigenvalue weighted by atomic mass is 127. The second-order valence-corrected chi connectivity index (χ2v) is 6.80. The number of hydrogen-bond donors (Lipinski definition) is 2. The lowest BCUT2D eigenvalue weighted by atomic mass is 10.2. The van der Waals surface area contributed by atoms with Crippen molar-refractivity contribution in [2.24, 2.45) is 4.99 Å². The van der Waals surface area contributed by atoms with E-state index < -0.39 is 0 Å². The van der Waals surface area contributed by atoms with Crippen molar-refractivity contribution in [1.29, 1.82) is 0 Å². The van der Waals surface area contributed by atoms with E-state index in [1.54, 1.807) is 18.4 Å². The quantitative estimate of drug-likeness (QED) is 0.261. The fraction of sp³-hybridized carbons (Fsp3) is 0.412. The van der Waals surface area contributed by atoms with E-state index >= 15 is 0 Å². The number of aliphatic imine (C=N–C) groups is 1. The Morgan fingerprint density at radius 1 is 1.32 bits per heavy atom. The summed E-state index contributed by atoms with van der Waals surface area (Å²) in [6.07, 6.45) is 0. The van der Waals surface area contributed by atoms with Crippen LogP contribution in [0.1, 0.15) is 30.5 Å². The predicted octanol–water partition coefficient (Wildman–Crippen LogP) is 4.28. The molecule has 25 heavy (non-hydrogen) atoms. The molecule has 5 nitrogen and oxygen atoms in total. The molecule has 0 saturated heterocycles. The third-order valence-electron chi connectivity index (χ3n) is 3.28. The molecule has 1 aromatic carbocycles. The Hall–Kier alpha value is -1.06. The maximum absolute atomic E-state index is 6.05. The summed E-state index contributed by atoms with van der Waals surface area (Å²) >= 11 is 7.71. The second-order valence-electron chi connectivity index (χ2n) is 5.45. The number of guanidine groups is 1. The van der Waals surface area contributed by atoms with E-state index in [4.69, 9.17) is 16.3 Å². The van der Waals surface area contributed by atoms with Crippen molar-refractivity contribution in [1.82, 2.24) is 15.6 Å². The Balaban J connectivity index is 0.00000312. The molecule has 0 bridgehead atoms. The average Bonchev–Trinajstić information content (AvgIpc) is 3.05. The normalized spacial score (nSPS) is 11.2. The number of ether oxygens (including phenoxy) is 1. The van der Waals surface area contributed by atoms with E-state index in [0.717, 1.165) is 16.7 Å². The lowest BCUT2D eigenvalue weighted by Gasteiger charge is -2.12. The summed E-state index contributed by atoms with van der Waals surface area (Å²) in [5.74, 6) is 1.86. The Bertz CT molecular complexity index is 678. The van der Waals surface area contributed by atoms with Gasteiger partial charge in [-0.2, -0.15) is 0 Å². The van der Waals surface area contributed by atoms with Gasteiger partial charge in [0.05, 0.1) is 23.8 Å². The molecule has 0 saturated carbocycles. The number of nitrogens with one attached hydrogen (secondary N) is 2. The van der Waals surface area contributed by atoms with Crippen LogP contribution in [-0.2, 0) is 6.54 Å². The molecule has 0 amide bonds. The first kappa shape index (κ1) is 22.0. The maximum atomic E-state index is 6.05. The molecule has 1 heterocycles. The van der Waals surface area contributed by atoms with E-state index in [9.17, 15) is 0 Å². The van der Waals surface area contributed by atoms with Crippen LogP contribution in [0.5, 0.6) is 5.75 Å². The summed E-state index contributed by atoms with van der Waals surface area (Å²) < 4.78 is 5.64. The highest BCUT2D eigenvalue weighted by Crippen LogP contribution is 2.22. The van der Waals surface area contributed by atoms with Crippen LogP contribution in [0.2, 0.25) is 5.02 Å². The zero-order valence-corrected chi connectivity index (χ0v) is 18.5. The Labute approximate surface area is 175 Å². The summed E-state index contributed by atoms with van der Waals surface area (Å²) in [6, 6.07) is 7.44. The van der Waals surface area contributed by atoms with Gasteiger partial charge in [0, 0.05) is 12.4 Å². The average molecular weight is 495 g/mol. The summed E-state index contributed by atoms with van der Waals surface area (Å²) in [7, 11) is 1.74. The van der Waals surface area contributed by atoms with E-state index in [-0.39, 0.29) is 24.0 Å². The van der Waals surface area contributed by atoms with Gasteiger partial charge in [-0.1, -0.05) is 37.6 Å². The first-order valence-corrected chi connectivity index (χ1v) is 9.12. The number of aromatic nitrogens is 1. The minimum Gasteiger partial charge on any atom is -0.490 e. The zero-order valence-electron chi connectivity index (χ0n) is 14.6. The van der Waals surface area contributed by atoms with Gasteiger partial charge in [-0.3, -0.25) is 4.99 Å². The summed E-state index contributed by atoms with van der Waals surface area (Å²) in [5.41, 5.74) is 1.13. The molecule has 0 aliphatic heterocycles. The van der Waals surface area contributed by atoms with E-state index in [1.807, 2.05) is 24.3 Å². The zero-order chi connectivity index (χ0) is 17.4. The number of para-hydroxylation sites is 1. The fourth-order valence-corrected chi connectivity index (χ4v) is 3.03. The smallest absolute Gasteiger partial charge is 0.191 e. The van der Waals surface area contributed by atoms with Gasteiger partial charge >= 0.3 is 0 Å². The Morgan fingerprint density at radius 2 is 2.08 bits per heavy atom. The third kappa shape index (κ3) is 7.37. The maximum Gasteiger partial charge on any atom is 0.191 e. The van der Waals surface area contributed by atoms with E-state index in [1.165, 1.54) is 0 Å². The van der Waals surface area contributed by atoms with Crippen molar-refractivity contribution in [3.05, 3.63) is 45.4 Å². The van der Waals surface area contributed by atoms with Crippen molar-refractivity contribution in [3.8, 4) is 5.75 Å². The van der Waals surface area contributed by atoms with Crippen LogP contribution in [0.3, 0.4) is 0 Å². The van der Waals surface area contributed by atoms with Crippen LogP contribution in [0.25, 0.3) is 0 Å². The molecular formula is C17H24ClIN4OS. The van der Waals surface area contributed by atoms with Gasteiger partial charge < -0.3 is 15.4 Å². The molecule has 0 atom stereocenters. The highest BCUT2D eigenvalue weighted by molar-refractivity contribution is 14.0. The Kier molecular flexibility index (Phi) is 10.1. The second kappa shape index (κ2) is 11.5. The predicted molar refractivity (Wildman–Crippen MR) is 117 cm³/mol. The molecule has 0 aliphatic carbocycles. The van der Waals surface area contributed by atoms with Crippen molar-refractivity contribution in [2.75, 3.05) is 20.2 Å². The molecule has 0 spiro atoms. The van der Waals surface area contributed by atoms with Gasteiger partial charge in [0.15, 0.2) is 5.96 Å². The molecular weight excluding hydrogens is 471 g/mol. The van der Waals surface area contributed by atoms with Crippen LogP contribution in [-0.4, -0.2) is 31.1 Å². The number of benzene rings is 1. The number of hydrogen-bond acceptors (Lipinski definition) is 4. The van der Waals surface area contributed by atoms with Gasteiger partial charge in [0.25, 0.3) is 0 Å². The Morgan fingerprint density at radius 3 is 2.72 bits per heavy atom. The van der Waals surface area contributed by atoms with Crippen LogP contribution in [0, 0.1) is 0 Å². The van der Waals surface area contributed by atoms with Crippen molar-refractivity contribution in [2.45, 2.75) is 26.3 Å². The lowest BCUT2D eigenvalue weighted by molar-refractivity contribution is 0.322. The number of nitrogens with zero attached hydrogens (tertiary/aromatic N) is 2. The fourth-order valence-electron chi connectivity index (χ4n) is 1.94. The SMILES string of the molecule is CN=C(NCCOc1ccccc1Cl)NCc1nc(C(C)C)cs1.I. The molecule has 8 heteroatoms. The minimum absolute atomic E-state index is 0. The first-order chi connectivity index (χ1) is 11.6. The molecule has 0 unspecified atom stereocenters. The van der Waals surface area contributed by atoms with Crippen LogP contribution < -0.4 is 15.4 Å². The van der Waals surface area contributed by atoms with Crippen molar-refractivity contribution < 1.29 is 4.74 Å². The summed E-state index contributed by atoms with van der Waals surface area (Å²) in [4.78, 5) is 8.79. The largest absolute Gasteiger partial charge is 0.490 e. The number of thiazole rings is 1. The molecule has 0 radical (unpaired) electrons. The number of halogens is 2. The molecule has 1 aromatic heterocycles.